The molecule has 9 heavy (non-hydrogen) atoms. The molecule has 0 N–H and O–H groups in total. The second-order valence-electron chi connectivity index (χ2n) is 1.40. The van der Waals surface area contributed by atoms with Crippen molar-refractivity contribution in [3.63, 3.8) is 0 Å². The Morgan fingerprint density at radius 2 is 2.44 bits per heavy atom. The second kappa shape index (κ2) is 2.36. The molecule has 48 valence electrons. The van der Waals surface area contributed by atoms with Gasteiger partial charge >= 0.3 is 0 Å². The van der Waals surface area contributed by atoms with Crippen molar-refractivity contribution in [1.82, 2.24) is 0 Å². The Bertz CT molecular complexity index is 232. The Kier molecular flexibility index (Phi) is 1.73. The van der Waals surface area contributed by atoms with Crippen LogP contribution in [0.5, 0.6) is 0 Å². The molecule has 5 heteroatoms. The molecule has 0 aliphatic heterocycles. The maximum absolute atomic E-state index is 9.99. The zero-order valence-corrected chi connectivity index (χ0v) is 5.98. The normalized spacial score (nSPS) is 9.44. The highest BCUT2D eigenvalue weighted by molar-refractivity contribution is 7.82. The lowest BCUT2D eigenvalue weighted by Crippen LogP contribution is -1.81. The van der Waals surface area contributed by atoms with Crippen molar-refractivity contribution >= 4 is 29.7 Å². The Morgan fingerprint density at radius 1 is 1.78 bits per heavy atom. The smallest absolute Gasteiger partial charge is 0.258 e. The fourth-order valence-electron chi connectivity index (χ4n) is 0.411. The van der Waals surface area contributed by atoms with Gasteiger partial charge in [-0.2, -0.15) is 0 Å². The van der Waals surface area contributed by atoms with Crippen LogP contribution in [0.25, 0.3) is 0 Å². The number of hydrogen-bond acceptors (Lipinski definition) is 4. The third-order valence-corrected chi connectivity index (χ3v) is 1.95. The highest BCUT2D eigenvalue weighted by Crippen LogP contribution is 2.23. The highest BCUT2D eigenvalue weighted by Gasteiger charge is 2.05. The molecule has 3 nitrogen and oxygen atoms in total. The number of rotatable bonds is 1. The quantitative estimate of drug-likeness (QED) is 0.388. The van der Waals surface area contributed by atoms with Gasteiger partial charge in [0.25, 0.3) is 5.69 Å². The maximum atomic E-state index is 9.99. The van der Waals surface area contributed by atoms with Crippen molar-refractivity contribution in [2.45, 2.75) is 4.21 Å². The van der Waals surface area contributed by atoms with Crippen molar-refractivity contribution in [2.75, 3.05) is 0 Å². The van der Waals surface area contributed by atoms with Gasteiger partial charge in [-0.25, -0.2) is 0 Å². The van der Waals surface area contributed by atoms with E-state index in [0.717, 1.165) is 0 Å². The number of thiol groups is 1. The molecule has 0 aliphatic carbocycles. The molecule has 1 rings (SSSR count). The Labute approximate surface area is 60.9 Å². The van der Waals surface area contributed by atoms with Crippen LogP contribution in [0.3, 0.4) is 0 Å². The van der Waals surface area contributed by atoms with Crippen molar-refractivity contribution < 1.29 is 4.92 Å². The zero-order valence-electron chi connectivity index (χ0n) is 4.27. The van der Waals surface area contributed by atoms with Gasteiger partial charge in [0.05, 0.1) is 14.5 Å². The van der Waals surface area contributed by atoms with E-state index in [1.165, 1.54) is 22.8 Å². The van der Waals surface area contributed by atoms with Crippen LogP contribution in [0, 0.1) is 10.1 Å². The average molecular weight is 161 g/mol. The molecular formula is C4H3NO2S2. The SMILES string of the molecule is O=[N+]([O-])c1csc(S)c1. The summed E-state index contributed by atoms with van der Waals surface area (Å²) in [4.78, 5) is 9.56. The van der Waals surface area contributed by atoms with E-state index in [9.17, 15) is 10.1 Å². The summed E-state index contributed by atoms with van der Waals surface area (Å²) in [6, 6.07) is 1.42. The molecule has 0 aliphatic rings. The first-order valence-electron chi connectivity index (χ1n) is 2.12. The Hall–Kier alpha value is -0.550. The topological polar surface area (TPSA) is 43.1 Å². The van der Waals surface area contributed by atoms with Crippen molar-refractivity contribution in [3.8, 4) is 0 Å². The van der Waals surface area contributed by atoms with Crippen molar-refractivity contribution in [3.05, 3.63) is 21.6 Å². The van der Waals surface area contributed by atoms with Gasteiger partial charge in [-0.1, -0.05) is 0 Å². The van der Waals surface area contributed by atoms with Crippen LogP contribution in [0.1, 0.15) is 0 Å². The molecule has 0 unspecified atom stereocenters. The molecule has 0 spiro atoms. The monoisotopic (exact) mass is 161 g/mol. The molecule has 0 saturated carbocycles. The summed E-state index contributed by atoms with van der Waals surface area (Å²) in [6.45, 7) is 0. The van der Waals surface area contributed by atoms with Crippen molar-refractivity contribution in [2.24, 2.45) is 0 Å². The number of nitrogens with zero attached hydrogens (tertiary/aromatic N) is 1. The number of thiophene rings is 1. The third-order valence-electron chi connectivity index (χ3n) is 0.783. The van der Waals surface area contributed by atoms with E-state index in [2.05, 4.69) is 12.6 Å². The van der Waals surface area contributed by atoms with E-state index in [-0.39, 0.29) is 5.69 Å². The van der Waals surface area contributed by atoms with E-state index in [0.29, 0.717) is 4.21 Å². The first-order chi connectivity index (χ1) is 4.20. The van der Waals surface area contributed by atoms with Gasteiger partial charge in [0, 0.05) is 6.07 Å². The fourth-order valence-corrected chi connectivity index (χ4v) is 1.29. The standard InChI is InChI=1S/C4H3NO2S2/c6-5(7)3-1-4(8)9-2-3/h1-2,8H. The summed E-state index contributed by atoms with van der Waals surface area (Å²) in [5, 5.41) is 11.5. The molecule has 0 radical (unpaired) electrons. The van der Waals surface area contributed by atoms with Gasteiger partial charge in [0.1, 0.15) is 0 Å². The first kappa shape index (κ1) is 6.57. The van der Waals surface area contributed by atoms with Gasteiger partial charge in [0.2, 0.25) is 0 Å². The lowest BCUT2D eigenvalue weighted by atomic mass is 10.6. The summed E-state index contributed by atoms with van der Waals surface area (Å²) in [5.41, 5.74) is 0.116. The third kappa shape index (κ3) is 1.43. The first-order valence-corrected chi connectivity index (χ1v) is 3.45. The van der Waals surface area contributed by atoms with Crippen LogP contribution < -0.4 is 0 Å². The van der Waals surface area contributed by atoms with E-state index in [1.54, 1.807) is 0 Å². The van der Waals surface area contributed by atoms with E-state index < -0.39 is 4.92 Å². The minimum Gasteiger partial charge on any atom is -0.258 e. The van der Waals surface area contributed by atoms with Gasteiger partial charge in [-0.05, 0) is 0 Å². The minimum absolute atomic E-state index is 0.116. The summed E-state index contributed by atoms with van der Waals surface area (Å²) in [5.74, 6) is 0. The molecule has 1 aromatic heterocycles. The lowest BCUT2D eigenvalue weighted by molar-refractivity contribution is -0.384. The maximum Gasteiger partial charge on any atom is 0.281 e. The van der Waals surface area contributed by atoms with Gasteiger partial charge in [-0.3, -0.25) is 10.1 Å². The number of hydrogen-bond donors (Lipinski definition) is 1. The van der Waals surface area contributed by atoms with E-state index in [1.807, 2.05) is 0 Å². The fraction of sp³-hybridized carbons (Fsp3) is 0. The van der Waals surface area contributed by atoms with E-state index >= 15 is 0 Å². The van der Waals surface area contributed by atoms with Crippen LogP contribution in [-0.2, 0) is 0 Å². The second-order valence-corrected chi connectivity index (χ2v) is 3.10. The largest absolute Gasteiger partial charge is 0.281 e. The zero-order chi connectivity index (χ0) is 6.85. The lowest BCUT2D eigenvalue weighted by Gasteiger charge is -1.78. The summed E-state index contributed by atoms with van der Waals surface area (Å²) in [6.07, 6.45) is 0. The molecule has 1 heterocycles. The van der Waals surface area contributed by atoms with Crippen molar-refractivity contribution in [1.29, 1.82) is 0 Å². The van der Waals surface area contributed by atoms with Crippen LogP contribution in [-0.4, -0.2) is 4.92 Å². The molecule has 0 fully saturated rings. The predicted molar refractivity (Wildman–Crippen MR) is 38.2 cm³/mol. The van der Waals surface area contributed by atoms with Crippen LogP contribution in [0.2, 0.25) is 0 Å². The predicted octanol–water partition coefficient (Wildman–Crippen LogP) is 1.94. The molecule has 0 saturated heterocycles. The minimum atomic E-state index is -0.434. The molecule has 0 atom stereocenters. The highest BCUT2D eigenvalue weighted by atomic mass is 32.2. The van der Waals surface area contributed by atoms with Gasteiger partial charge in [0.15, 0.2) is 0 Å². The van der Waals surface area contributed by atoms with Crippen LogP contribution >= 0.6 is 24.0 Å². The summed E-state index contributed by atoms with van der Waals surface area (Å²) in [7, 11) is 0. The molecule has 0 aromatic carbocycles. The van der Waals surface area contributed by atoms with Crippen LogP contribution in [0.15, 0.2) is 15.7 Å². The molecular weight excluding hydrogens is 158 g/mol. The summed E-state index contributed by atoms with van der Waals surface area (Å²) < 4.78 is 0.668. The average Bonchev–Trinajstić information content (AvgIpc) is 2.14. The van der Waals surface area contributed by atoms with Gasteiger partial charge < -0.3 is 0 Å². The van der Waals surface area contributed by atoms with Gasteiger partial charge in [-0.15, -0.1) is 24.0 Å². The molecule has 1 aromatic rings. The van der Waals surface area contributed by atoms with E-state index in [4.69, 9.17) is 0 Å². The van der Waals surface area contributed by atoms with Crippen LogP contribution in [0.4, 0.5) is 5.69 Å². The Morgan fingerprint density at radius 3 is 2.67 bits per heavy atom. The number of nitro groups is 1. The molecule has 0 amide bonds. The summed E-state index contributed by atoms with van der Waals surface area (Å²) >= 11 is 5.17. The molecule has 0 bridgehead atoms. The Balaban J connectivity index is 2.98.